The van der Waals surface area contributed by atoms with Gasteiger partial charge in [0.05, 0.1) is 13.7 Å². The van der Waals surface area contributed by atoms with Crippen molar-refractivity contribution in [3.8, 4) is 11.5 Å². The van der Waals surface area contributed by atoms with E-state index in [-0.39, 0.29) is 5.84 Å². The lowest BCUT2D eigenvalue weighted by Gasteiger charge is -2.29. The molecule has 2 aromatic carbocycles. The summed E-state index contributed by atoms with van der Waals surface area (Å²) in [7, 11) is 1.53. The topological polar surface area (TPSA) is 118 Å². The average molecular weight is 357 g/mol. The minimum atomic E-state index is -1.39. The largest absolute Gasteiger partial charge is 0.493 e. The molecule has 1 unspecified atom stereocenters. The van der Waals surface area contributed by atoms with Crippen molar-refractivity contribution in [2.45, 2.75) is 19.4 Å². The third-order valence-corrected chi connectivity index (χ3v) is 4.06. The highest BCUT2D eigenvalue weighted by atomic mass is 16.5. The molecule has 0 saturated carbocycles. The van der Waals surface area contributed by atoms with E-state index >= 15 is 0 Å². The van der Waals surface area contributed by atoms with Gasteiger partial charge in [-0.25, -0.2) is 4.79 Å². The average Bonchev–Trinajstić information content (AvgIpc) is 2.62. The molecule has 0 saturated heterocycles. The fourth-order valence-electron chi connectivity index (χ4n) is 2.53. The Balaban J connectivity index is 2.41. The van der Waals surface area contributed by atoms with Gasteiger partial charge in [-0.05, 0) is 55.8 Å². The number of benzene rings is 2. The molecule has 0 aliphatic carbocycles. The molecule has 7 nitrogen and oxygen atoms in total. The lowest BCUT2D eigenvalue weighted by molar-refractivity contribution is -0.142. The van der Waals surface area contributed by atoms with Gasteiger partial charge in [-0.1, -0.05) is 6.07 Å². The number of methoxy groups -OCH3 is 1. The van der Waals surface area contributed by atoms with Crippen molar-refractivity contribution >= 4 is 17.5 Å². The van der Waals surface area contributed by atoms with Crippen molar-refractivity contribution in [3.05, 3.63) is 53.6 Å². The zero-order valence-corrected chi connectivity index (χ0v) is 15.0. The lowest BCUT2D eigenvalue weighted by Crippen LogP contribution is -2.40. The van der Waals surface area contributed by atoms with Gasteiger partial charge in [-0.15, -0.1) is 0 Å². The molecule has 2 aromatic rings. The normalized spacial score (nSPS) is 12.7. The summed E-state index contributed by atoms with van der Waals surface area (Å²) < 4.78 is 10.8. The van der Waals surface area contributed by atoms with Crippen LogP contribution in [0.1, 0.15) is 25.0 Å². The highest BCUT2D eigenvalue weighted by molar-refractivity contribution is 5.95. The van der Waals surface area contributed by atoms with Gasteiger partial charge in [0.2, 0.25) is 0 Å². The number of carbonyl (C=O) groups is 1. The van der Waals surface area contributed by atoms with Crippen LogP contribution in [0.3, 0.4) is 0 Å². The van der Waals surface area contributed by atoms with Crippen LogP contribution in [0.25, 0.3) is 0 Å². The molecule has 1 atom stereocenters. The van der Waals surface area contributed by atoms with Crippen LogP contribution in [-0.4, -0.2) is 30.6 Å². The summed E-state index contributed by atoms with van der Waals surface area (Å²) in [6.07, 6.45) is 0. The number of nitrogens with two attached hydrogens (primary N) is 1. The second-order valence-corrected chi connectivity index (χ2v) is 5.84. The summed E-state index contributed by atoms with van der Waals surface area (Å²) in [5, 5.41) is 20.3. The Kier molecular flexibility index (Phi) is 5.71. The fraction of sp³-hybridized carbons (Fsp3) is 0.263. The van der Waals surface area contributed by atoms with Gasteiger partial charge in [0.1, 0.15) is 5.84 Å². The van der Waals surface area contributed by atoms with E-state index in [4.69, 9.17) is 20.6 Å². The van der Waals surface area contributed by atoms with Gasteiger partial charge in [0.25, 0.3) is 0 Å². The first-order valence-electron chi connectivity index (χ1n) is 8.09. The van der Waals surface area contributed by atoms with Gasteiger partial charge in [-0.3, -0.25) is 5.41 Å². The molecular formula is C19H23N3O4. The number of hydrogen-bond donors (Lipinski definition) is 4. The maximum Gasteiger partial charge on any atom is 0.333 e. The number of ether oxygens (including phenoxy) is 2. The van der Waals surface area contributed by atoms with Crippen LogP contribution in [0.4, 0.5) is 5.69 Å². The van der Waals surface area contributed by atoms with E-state index < -0.39 is 11.5 Å². The molecule has 0 aromatic heterocycles. The highest BCUT2D eigenvalue weighted by Gasteiger charge is 2.36. The van der Waals surface area contributed by atoms with E-state index in [9.17, 15) is 9.90 Å². The Morgan fingerprint density at radius 2 is 1.88 bits per heavy atom. The number of aliphatic carboxylic acids is 1. The highest BCUT2D eigenvalue weighted by Crippen LogP contribution is 2.34. The van der Waals surface area contributed by atoms with E-state index in [1.165, 1.54) is 7.11 Å². The summed E-state index contributed by atoms with van der Waals surface area (Å²) in [5.41, 5.74) is 5.73. The van der Waals surface area contributed by atoms with Gasteiger partial charge in [-0.2, -0.15) is 0 Å². The molecule has 26 heavy (non-hydrogen) atoms. The number of hydrogen-bond acceptors (Lipinski definition) is 5. The molecule has 0 amide bonds. The third kappa shape index (κ3) is 3.88. The first-order valence-corrected chi connectivity index (χ1v) is 8.09. The Hall–Kier alpha value is -3.22. The standard InChI is InChI=1S/C19H23N3O4/c1-4-26-16-11-13(7-10-15(16)25-3)19(2,18(23)24)22-14-8-5-12(6-9-14)17(20)21/h5-11,22H,4H2,1-3H3,(H3,20,21)(H,23,24). The predicted molar refractivity (Wildman–Crippen MR) is 100 cm³/mol. The first kappa shape index (κ1) is 19.1. The second-order valence-electron chi connectivity index (χ2n) is 5.84. The van der Waals surface area contributed by atoms with Crippen LogP contribution >= 0.6 is 0 Å². The molecule has 0 aliphatic heterocycles. The van der Waals surface area contributed by atoms with Crippen molar-refractivity contribution in [2.75, 3.05) is 19.0 Å². The molecule has 0 spiro atoms. The van der Waals surface area contributed by atoms with Crippen LogP contribution in [0.5, 0.6) is 11.5 Å². The third-order valence-electron chi connectivity index (χ3n) is 4.06. The molecule has 0 aliphatic rings. The Morgan fingerprint density at radius 3 is 2.38 bits per heavy atom. The monoisotopic (exact) mass is 357 g/mol. The molecule has 0 fully saturated rings. The molecule has 5 N–H and O–H groups in total. The van der Waals surface area contributed by atoms with Crippen molar-refractivity contribution in [1.29, 1.82) is 5.41 Å². The van der Waals surface area contributed by atoms with Crippen molar-refractivity contribution in [2.24, 2.45) is 5.73 Å². The molecule has 0 radical (unpaired) electrons. The van der Waals surface area contributed by atoms with E-state index in [2.05, 4.69) is 5.32 Å². The van der Waals surface area contributed by atoms with E-state index in [1.54, 1.807) is 49.4 Å². The van der Waals surface area contributed by atoms with Crippen LogP contribution in [0.15, 0.2) is 42.5 Å². The minimum Gasteiger partial charge on any atom is -0.493 e. The van der Waals surface area contributed by atoms with Crippen molar-refractivity contribution < 1.29 is 19.4 Å². The summed E-state index contributed by atoms with van der Waals surface area (Å²) in [6, 6.07) is 11.7. The van der Waals surface area contributed by atoms with Crippen LogP contribution in [-0.2, 0) is 10.3 Å². The Bertz CT molecular complexity index is 805. The van der Waals surface area contributed by atoms with Gasteiger partial charge >= 0.3 is 5.97 Å². The maximum atomic E-state index is 12.0. The van der Waals surface area contributed by atoms with Crippen LogP contribution in [0, 0.1) is 5.41 Å². The molecule has 138 valence electrons. The SMILES string of the molecule is CCOc1cc(C(C)(Nc2ccc(C(=N)N)cc2)C(=O)O)ccc1OC. The second kappa shape index (κ2) is 7.77. The minimum absolute atomic E-state index is 0.0472. The smallest absolute Gasteiger partial charge is 0.333 e. The van der Waals surface area contributed by atoms with Crippen molar-refractivity contribution in [3.63, 3.8) is 0 Å². The number of anilines is 1. The summed E-state index contributed by atoms with van der Waals surface area (Å²) >= 11 is 0. The number of carboxylic acid groups (broad SMARTS) is 1. The molecule has 7 heteroatoms. The fourth-order valence-corrected chi connectivity index (χ4v) is 2.53. The summed E-state index contributed by atoms with van der Waals surface area (Å²) in [5.74, 6) is -0.0716. The molecule has 2 rings (SSSR count). The van der Waals surface area contributed by atoms with Crippen LogP contribution in [0.2, 0.25) is 0 Å². The summed E-state index contributed by atoms with van der Waals surface area (Å²) in [6.45, 7) is 3.85. The van der Waals surface area contributed by atoms with Crippen LogP contribution < -0.4 is 20.5 Å². The zero-order chi connectivity index (χ0) is 19.3. The number of nitrogens with one attached hydrogen (secondary N) is 2. The van der Waals surface area contributed by atoms with Crippen molar-refractivity contribution in [1.82, 2.24) is 0 Å². The molecule has 0 heterocycles. The predicted octanol–water partition coefficient (Wildman–Crippen LogP) is 2.79. The van der Waals surface area contributed by atoms with E-state index in [0.717, 1.165) is 0 Å². The lowest BCUT2D eigenvalue weighted by atomic mass is 9.91. The number of carboxylic acids is 1. The quantitative estimate of drug-likeness (QED) is 0.426. The molecular weight excluding hydrogens is 334 g/mol. The molecule has 0 bridgehead atoms. The summed E-state index contributed by atoms with van der Waals surface area (Å²) in [4.78, 5) is 12.0. The Labute approximate surface area is 152 Å². The van der Waals surface area contributed by atoms with Gasteiger partial charge < -0.3 is 25.6 Å². The van der Waals surface area contributed by atoms with E-state index in [0.29, 0.717) is 34.9 Å². The maximum absolute atomic E-state index is 12.0. The first-order chi connectivity index (χ1) is 12.3. The zero-order valence-electron chi connectivity index (χ0n) is 15.0. The van der Waals surface area contributed by atoms with Gasteiger partial charge in [0.15, 0.2) is 17.0 Å². The number of amidine groups is 1. The number of nitrogen functional groups attached to an aromatic ring is 1. The van der Waals surface area contributed by atoms with E-state index in [1.807, 2.05) is 6.92 Å². The Morgan fingerprint density at radius 1 is 1.23 bits per heavy atom. The van der Waals surface area contributed by atoms with Gasteiger partial charge in [0, 0.05) is 11.3 Å². The number of rotatable bonds is 8.